The molecule has 2 rings (SSSR count). The van der Waals surface area contributed by atoms with E-state index in [0.717, 1.165) is 0 Å². The zero-order valence-corrected chi connectivity index (χ0v) is 75.8. The molecule has 2 aromatic rings. The molecule has 0 unspecified atom stereocenters. The second kappa shape index (κ2) is 62.4. The highest BCUT2D eigenvalue weighted by atomic mass is 33.1. The van der Waals surface area contributed by atoms with E-state index in [0.29, 0.717) is 139 Å². The van der Waals surface area contributed by atoms with E-state index in [1.807, 2.05) is 0 Å². The van der Waals surface area contributed by atoms with Gasteiger partial charge in [0.1, 0.15) is 34.2 Å². The van der Waals surface area contributed by atoms with E-state index in [4.69, 9.17) is 0 Å². The maximum Gasteiger partial charge on any atom is 0.255 e. The Bertz CT molecular complexity index is 3050. The molecule has 38 nitrogen and oxygen atoms in total. The van der Waals surface area contributed by atoms with Crippen LogP contribution in [0.15, 0.2) is 46.7 Å². The van der Waals surface area contributed by atoms with E-state index in [9.17, 15) is 67.1 Å². The van der Waals surface area contributed by atoms with Gasteiger partial charge in [0.05, 0.1) is 63.5 Å². The average Bonchev–Trinajstić information content (AvgIpc) is 0.854. The van der Waals surface area contributed by atoms with Gasteiger partial charge in [-0.3, -0.25) is 67.1 Å². The van der Waals surface area contributed by atoms with Crippen LogP contribution in [0.3, 0.4) is 0 Å². The van der Waals surface area contributed by atoms with Crippen LogP contribution in [0.2, 0.25) is 0 Å². The summed E-state index contributed by atoms with van der Waals surface area (Å²) in [6.07, 6.45) is 9.81. The molecule has 2 aromatic heterocycles. The lowest BCUT2D eigenvalue weighted by atomic mass is 10.1. The van der Waals surface area contributed by atoms with E-state index in [-0.39, 0.29) is 175 Å². The summed E-state index contributed by atoms with van der Waals surface area (Å²) < 4.78 is 0. The van der Waals surface area contributed by atoms with Gasteiger partial charge in [0.15, 0.2) is 0 Å². The minimum Gasteiger partial charge on any atom is -0.355 e. The van der Waals surface area contributed by atoms with Crippen LogP contribution in [0.1, 0.15) is 123 Å². The number of unbranched alkanes of at least 4 members (excludes halogenated alkanes) is 4. The number of nitrogens with one attached hydrogen (secondary N) is 12. The number of carbonyl (C=O) groups is 14. The second-order valence-electron chi connectivity index (χ2n) is 31.9. The smallest absolute Gasteiger partial charge is 0.255 e. The average molecular weight is 1730 g/mol. The zero-order chi connectivity index (χ0) is 89.5. The zero-order valence-electron chi connectivity index (χ0n) is 74.1. The lowest BCUT2D eigenvalue weighted by Gasteiger charge is -2.24. The van der Waals surface area contributed by atoms with Crippen LogP contribution in [-0.2, 0) is 57.5 Å². The van der Waals surface area contributed by atoms with E-state index in [2.05, 4.69) is 73.8 Å². The third-order valence-corrected chi connectivity index (χ3v) is 19.8. The number of carbonyl (C=O) groups excluding carboxylic acids is 14. The molecule has 120 heavy (non-hydrogen) atoms. The number of hydrogen-bond donors (Lipinski definition) is 12. The molecule has 0 radical (unpaired) electrons. The fourth-order valence-electron chi connectivity index (χ4n) is 12.0. The Kier molecular flexibility index (Phi) is 55.8. The highest BCUT2D eigenvalue weighted by Crippen LogP contribution is 2.35. The first kappa shape index (κ1) is 107. The molecule has 0 aliphatic heterocycles. The van der Waals surface area contributed by atoms with Crippen LogP contribution >= 0.6 is 21.6 Å². The summed E-state index contributed by atoms with van der Waals surface area (Å²) >= 11 is 0. The van der Waals surface area contributed by atoms with Crippen molar-refractivity contribution in [2.75, 3.05) is 244 Å². The van der Waals surface area contributed by atoms with Gasteiger partial charge in [0, 0.05) is 90.9 Å². The van der Waals surface area contributed by atoms with Gasteiger partial charge in [-0.1, -0.05) is 0 Å². The fraction of sp³-hybridized carbons (Fsp3) is 0.700. The van der Waals surface area contributed by atoms with Crippen molar-refractivity contribution in [1.82, 2.24) is 123 Å². The molecule has 0 saturated carbocycles. The maximum absolute atomic E-state index is 14.5. The molecule has 0 bridgehead atoms. The van der Waals surface area contributed by atoms with Gasteiger partial charge in [-0.15, -0.1) is 0 Å². The highest BCUT2D eigenvalue weighted by Gasteiger charge is 2.27. The van der Waals surface area contributed by atoms with Gasteiger partial charge < -0.3 is 113 Å². The van der Waals surface area contributed by atoms with E-state index in [1.165, 1.54) is 34.0 Å². The Morgan fingerprint density at radius 1 is 0.267 bits per heavy atom. The van der Waals surface area contributed by atoms with Crippen LogP contribution in [0, 0.1) is 0 Å². The number of likely N-dealkylation sites (N-methyl/N-ethyl adjacent to an activating group) is 8. The van der Waals surface area contributed by atoms with Crippen LogP contribution in [0.5, 0.6) is 0 Å². The lowest BCUT2D eigenvalue weighted by Crippen LogP contribution is -2.49. The largest absolute Gasteiger partial charge is 0.355 e. The number of hydrogen-bond acceptors (Lipinski definition) is 26. The van der Waals surface area contributed by atoms with Gasteiger partial charge in [-0.25, -0.2) is 9.97 Å². The molecular weight excluding hydrogens is 1590 g/mol. The quantitative estimate of drug-likeness (QED) is 0.0246. The summed E-state index contributed by atoms with van der Waals surface area (Å²) in [6, 6.07) is 3.21. The third-order valence-electron chi connectivity index (χ3n) is 17.6. The number of pyridine rings is 2. The lowest BCUT2D eigenvalue weighted by molar-refractivity contribution is -0.129. The van der Waals surface area contributed by atoms with Gasteiger partial charge in [-0.05, 0) is 261 Å². The maximum atomic E-state index is 14.5. The predicted molar refractivity (Wildman–Crippen MR) is 466 cm³/mol. The Balaban J connectivity index is 2.42. The molecule has 40 heteroatoms. The van der Waals surface area contributed by atoms with E-state index in [1.54, 1.807) is 186 Å². The van der Waals surface area contributed by atoms with Crippen molar-refractivity contribution < 1.29 is 67.1 Å². The number of amides is 14. The highest BCUT2D eigenvalue weighted by molar-refractivity contribution is 8.76. The molecular formula is C80H142N24O14S2. The summed E-state index contributed by atoms with van der Waals surface area (Å²) in [5.74, 6) is -4.20. The standard InChI is InChI=1S/C80H142N24O14S2/c1-95(2)51-65(105)81-37-21-17-29-61(91-69(109)55-99(9)10)75(113)85-41-25-45-103(46-26-42-86-76(114)62(92-70(110)56-100(11)12)30-18-22-38-82-66(106)52-96(3)4)79(117)59-33-35-73(89-49-59)119-120-74-36-34-60(50-90-74)80(118)104(47-27-43-87-77(115)63(93-71(111)57-101(13)14)31-19-23-39-83-67(107)53-97(5)6)48-28-44-88-78(116)64(94-72(112)58-102(15)16)32-20-24-40-84-68(108)54-98(7)8/h33-36,49-50,61-64H,17-32,37-48,51-58H2,1-16H3,(H,81,105)(H,82,106)(H,83,107)(H,84,108)(H,85,113)(H,86,114)(H,87,115)(H,88,116)(H,91,109)(H,92,110)(H,93,111)(H,94,112)/t61-,62-,63-,64-/m0/s1. The monoisotopic (exact) mass is 1730 g/mol. The topological polar surface area (TPSA) is 442 Å². The first-order chi connectivity index (χ1) is 56.9. The first-order valence-electron chi connectivity index (χ1n) is 41.3. The van der Waals surface area contributed by atoms with Crippen molar-refractivity contribution in [2.24, 2.45) is 0 Å². The van der Waals surface area contributed by atoms with Gasteiger partial charge in [-0.2, -0.15) is 0 Å². The fourth-order valence-corrected chi connectivity index (χ4v) is 13.7. The predicted octanol–water partition coefficient (Wildman–Crippen LogP) is -2.24. The normalized spacial score (nSPS) is 12.4. The van der Waals surface area contributed by atoms with Crippen molar-refractivity contribution >= 4 is 104 Å². The SMILES string of the molecule is CN(C)CC(=O)NCCCC[C@H](NC(=O)CN(C)C)C(=O)NCCCN(CCCNC(=O)[C@H](CCCCNC(=O)CN(C)C)NC(=O)CN(C)C)C(=O)c1ccc(SSc2ccc(C(=O)N(CCCNC(=O)[C@H](CCCCNC(=O)CN(C)C)NC(=O)CN(C)C)CCCNC(=O)[C@H](CCCCNC(=O)CN(C)C)NC(=O)CN(C)C)cn2)nc1. The van der Waals surface area contributed by atoms with Crippen molar-refractivity contribution in [1.29, 1.82) is 0 Å². The van der Waals surface area contributed by atoms with Gasteiger partial charge in [0.2, 0.25) is 70.9 Å². The van der Waals surface area contributed by atoms with Crippen LogP contribution < -0.4 is 63.8 Å². The minimum atomic E-state index is -0.863. The van der Waals surface area contributed by atoms with Gasteiger partial charge in [0.25, 0.3) is 11.8 Å². The molecule has 0 saturated heterocycles. The summed E-state index contributed by atoms with van der Waals surface area (Å²) in [6.45, 7) is 4.03. The molecule has 678 valence electrons. The summed E-state index contributed by atoms with van der Waals surface area (Å²) in [7, 11) is 30.8. The van der Waals surface area contributed by atoms with E-state index >= 15 is 0 Å². The van der Waals surface area contributed by atoms with Gasteiger partial charge >= 0.3 is 0 Å². The molecule has 0 spiro atoms. The number of aromatic nitrogens is 2. The van der Waals surface area contributed by atoms with Crippen molar-refractivity contribution in [3.63, 3.8) is 0 Å². The molecule has 12 N–H and O–H groups in total. The van der Waals surface area contributed by atoms with Crippen molar-refractivity contribution in [3.05, 3.63) is 47.8 Å². The molecule has 0 aromatic carbocycles. The van der Waals surface area contributed by atoms with Crippen LogP contribution in [0.25, 0.3) is 0 Å². The van der Waals surface area contributed by atoms with E-state index < -0.39 is 47.8 Å². The van der Waals surface area contributed by atoms with Crippen molar-refractivity contribution in [2.45, 2.75) is 137 Å². The Labute approximate surface area is 719 Å². The third kappa shape index (κ3) is 52.4. The minimum absolute atomic E-state index is 0.0594. The summed E-state index contributed by atoms with van der Waals surface area (Å²) in [5.41, 5.74) is 0.517. The molecule has 0 fully saturated rings. The molecule has 0 aliphatic rings. The van der Waals surface area contributed by atoms with Crippen molar-refractivity contribution in [3.8, 4) is 0 Å². The molecule has 4 atom stereocenters. The Hall–Kier alpha value is -8.74. The Morgan fingerprint density at radius 2 is 0.467 bits per heavy atom. The molecule has 0 aliphatic carbocycles. The van der Waals surface area contributed by atoms with Crippen LogP contribution in [0.4, 0.5) is 0 Å². The second-order valence-corrected chi connectivity index (χ2v) is 34.0. The number of nitrogens with zero attached hydrogens (tertiary/aromatic N) is 12. The Morgan fingerprint density at radius 3 is 0.658 bits per heavy atom. The molecule has 2 heterocycles. The summed E-state index contributed by atoms with van der Waals surface area (Å²) in [4.78, 5) is 211. The van der Waals surface area contributed by atoms with Crippen LogP contribution in [-0.4, -0.2) is 409 Å². The molecule has 14 amide bonds. The first-order valence-corrected chi connectivity index (χ1v) is 43.4. The number of rotatable bonds is 65. The summed E-state index contributed by atoms with van der Waals surface area (Å²) in [5, 5.41) is 35.6.